The molecule has 3 heteroatoms. The van der Waals surface area contributed by atoms with E-state index < -0.39 is 0 Å². The van der Waals surface area contributed by atoms with Crippen molar-refractivity contribution in [1.82, 2.24) is 0 Å². The lowest BCUT2D eigenvalue weighted by Crippen LogP contribution is -2.17. The molecule has 0 saturated carbocycles. The average Bonchev–Trinajstić information content (AvgIpc) is 2.27. The van der Waals surface area contributed by atoms with E-state index in [9.17, 15) is 0 Å². The van der Waals surface area contributed by atoms with Crippen molar-refractivity contribution < 1.29 is 4.74 Å². The van der Waals surface area contributed by atoms with Crippen molar-refractivity contribution >= 4 is 5.69 Å². The molecule has 0 amide bonds. The van der Waals surface area contributed by atoms with E-state index >= 15 is 0 Å². The van der Waals surface area contributed by atoms with Crippen molar-refractivity contribution in [3.63, 3.8) is 0 Å². The molecular weight excluding hydrogens is 188 g/mol. The molecule has 80 valence electrons. The molecule has 0 saturated heterocycles. The molecule has 3 nitrogen and oxygen atoms in total. The Balaban J connectivity index is 2.59. The first-order chi connectivity index (χ1) is 7.27. The molecular formula is C12H16N2O. The van der Waals surface area contributed by atoms with E-state index in [2.05, 4.69) is 11.0 Å². The van der Waals surface area contributed by atoms with Gasteiger partial charge < -0.3 is 9.64 Å². The Hall–Kier alpha value is -1.69. The summed E-state index contributed by atoms with van der Waals surface area (Å²) in [5.74, 6) is 0.884. The Morgan fingerprint density at radius 1 is 1.33 bits per heavy atom. The van der Waals surface area contributed by atoms with Crippen LogP contribution in [0.25, 0.3) is 0 Å². The van der Waals surface area contributed by atoms with Gasteiger partial charge in [-0.3, -0.25) is 0 Å². The fourth-order valence-corrected chi connectivity index (χ4v) is 1.31. The molecule has 0 bridgehead atoms. The fraction of sp³-hybridized carbons (Fsp3) is 0.417. The highest BCUT2D eigenvalue weighted by Gasteiger charge is 2.00. The van der Waals surface area contributed by atoms with E-state index in [1.165, 1.54) is 0 Å². The zero-order chi connectivity index (χ0) is 11.1. The summed E-state index contributed by atoms with van der Waals surface area (Å²) in [5.41, 5.74) is 1.11. The van der Waals surface area contributed by atoms with Crippen LogP contribution in [0.5, 0.6) is 5.75 Å². The minimum atomic E-state index is 0.545. The largest absolute Gasteiger partial charge is 0.494 e. The van der Waals surface area contributed by atoms with E-state index in [-0.39, 0.29) is 0 Å². The molecule has 0 fully saturated rings. The van der Waals surface area contributed by atoms with Crippen molar-refractivity contribution in [3.8, 4) is 11.8 Å². The summed E-state index contributed by atoms with van der Waals surface area (Å²) in [6.45, 7) is 3.40. The van der Waals surface area contributed by atoms with Gasteiger partial charge in [0.05, 0.1) is 19.1 Å². The Morgan fingerprint density at radius 2 is 2.00 bits per heavy atom. The summed E-state index contributed by atoms with van der Waals surface area (Å²) in [7, 11) is 1.98. The van der Waals surface area contributed by atoms with Gasteiger partial charge in [0.15, 0.2) is 0 Å². The Labute approximate surface area is 90.9 Å². The second-order valence-electron chi connectivity index (χ2n) is 3.26. The molecule has 0 N–H and O–H groups in total. The number of anilines is 1. The second kappa shape index (κ2) is 5.92. The zero-order valence-corrected chi connectivity index (χ0v) is 9.23. The maximum atomic E-state index is 8.48. The molecule has 0 aliphatic rings. The van der Waals surface area contributed by atoms with Gasteiger partial charge in [-0.05, 0) is 31.2 Å². The van der Waals surface area contributed by atoms with Gasteiger partial charge in [0, 0.05) is 19.3 Å². The predicted octanol–water partition coefficient (Wildman–Crippen LogP) is 2.44. The van der Waals surface area contributed by atoms with Crippen LogP contribution in [-0.2, 0) is 0 Å². The van der Waals surface area contributed by atoms with Crippen LogP contribution in [-0.4, -0.2) is 20.2 Å². The quantitative estimate of drug-likeness (QED) is 0.739. The van der Waals surface area contributed by atoms with Crippen molar-refractivity contribution in [3.05, 3.63) is 24.3 Å². The number of ether oxygens (including phenoxy) is 1. The Kier molecular flexibility index (Phi) is 4.49. The third kappa shape index (κ3) is 3.51. The first kappa shape index (κ1) is 11.4. The fourth-order valence-electron chi connectivity index (χ4n) is 1.31. The normalized spacial score (nSPS) is 9.40. The average molecular weight is 204 g/mol. The highest BCUT2D eigenvalue weighted by Crippen LogP contribution is 2.18. The number of nitrogens with zero attached hydrogens (tertiary/aromatic N) is 2. The van der Waals surface area contributed by atoms with Gasteiger partial charge in [-0.25, -0.2) is 0 Å². The van der Waals surface area contributed by atoms with Gasteiger partial charge in [-0.2, -0.15) is 5.26 Å². The number of hydrogen-bond acceptors (Lipinski definition) is 3. The third-order valence-corrected chi connectivity index (χ3v) is 2.15. The van der Waals surface area contributed by atoms with E-state index in [1.807, 2.05) is 38.2 Å². The minimum Gasteiger partial charge on any atom is -0.494 e. The molecule has 0 spiro atoms. The van der Waals surface area contributed by atoms with Crippen LogP contribution in [0, 0.1) is 11.3 Å². The van der Waals surface area contributed by atoms with Crippen LogP contribution >= 0.6 is 0 Å². The monoisotopic (exact) mass is 204 g/mol. The lowest BCUT2D eigenvalue weighted by molar-refractivity contribution is 0.340. The Morgan fingerprint density at radius 3 is 2.53 bits per heavy atom. The van der Waals surface area contributed by atoms with Gasteiger partial charge in [-0.1, -0.05) is 0 Å². The van der Waals surface area contributed by atoms with Gasteiger partial charge >= 0.3 is 0 Å². The SMILES string of the molecule is CCOc1ccc(N(C)CCC#N)cc1. The molecule has 1 rings (SSSR count). The molecule has 1 aromatic rings. The summed E-state index contributed by atoms with van der Waals surface area (Å²) >= 11 is 0. The van der Waals surface area contributed by atoms with Crippen LogP contribution < -0.4 is 9.64 Å². The van der Waals surface area contributed by atoms with E-state index in [0.29, 0.717) is 13.0 Å². The summed E-state index contributed by atoms with van der Waals surface area (Å²) in [6, 6.07) is 10.0. The standard InChI is InChI=1S/C12H16N2O/c1-3-15-12-7-5-11(6-8-12)14(2)10-4-9-13/h5-8H,3-4,10H2,1-2H3. The molecule has 0 aliphatic carbocycles. The van der Waals surface area contributed by atoms with Gasteiger partial charge in [0.2, 0.25) is 0 Å². The Bertz CT molecular complexity index is 326. The molecule has 15 heavy (non-hydrogen) atoms. The van der Waals surface area contributed by atoms with Gasteiger partial charge in [0.1, 0.15) is 5.75 Å². The van der Waals surface area contributed by atoms with Crippen LogP contribution in [0.1, 0.15) is 13.3 Å². The first-order valence-corrected chi connectivity index (χ1v) is 5.09. The summed E-state index contributed by atoms with van der Waals surface area (Å²) < 4.78 is 5.35. The first-order valence-electron chi connectivity index (χ1n) is 5.09. The van der Waals surface area contributed by atoms with Gasteiger partial charge in [-0.15, -0.1) is 0 Å². The van der Waals surface area contributed by atoms with Crippen LogP contribution in [0.4, 0.5) is 5.69 Å². The summed E-state index contributed by atoms with van der Waals surface area (Å²) in [4.78, 5) is 2.05. The molecule has 0 aromatic heterocycles. The molecule has 0 unspecified atom stereocenters. The van der Waals surface area contributed by atoms with Crippen LogP contribution in [0.2, 0.25) is 0 Å². The highest BCUT2D eigenvalue weighted by atomic mass is 16.5. The lowest BCUT2D eigenvalue weighted by atomic mass is 10.2. The third-order valence-electron chi connectivity index (χ3n) is 2.15. The van der Waals surface area contributed by atoms with E-state index in [1.54, 1.807) is 0 Å². The molecule has 0 radical (unpaired) electrons. The predicted molar refractivity (Wildman–Crippen MR) is 61.1 cm³/mol. The van der Waals surface area contributed by atoms with E-state index in [4.69, 9.17) is 10.00 Å². The second-order valence-corrected chi connectivity index (χ2v) is 3.26. The smallest absolute Gasteiger partial charge is 0.119 e. The number of hydrogen-bond donors (Lipinski definition) is 0. The zero-order valence-electron chi connectivity index (χ0n) is 9.23. The van der Waals surface area contributed by atoms with Crippen molar-refractivity contribution in [1.29, 1.82) is 5.26 Å². The van der Waals surface area contributed by atoms with Crippen molar-refractivity contribution in [2.45, 2.75) is 13.3 Å². The van der Waals surface area contributed by atoms with Crippen LogP contribution in [0.3, 0.4) is 0 Å². The molecule has 0 aliphatic heterocycles. The highest BCUT2D eigenvalue weighted by molar-refractivity contribution is 5.48. The van der Waals surface area contributed by atoms with Crippen molar-refractivity contribution in [2.24, 2.45) is 0 Å². The van der Waals surface area contributed by atoms with E-state index in [0.717, 1.165) is 18.0 Å². The number of nitriles is 1. The van der Waals surface area contributed by atoms with Crippen molar-refractivity contribution in [2.75, 3.05) is 25.1 Å². The topological polar surface area (TPSA) is 36.3 Å². The number of benzene rings is 1. The minimum absolute atomic E-state index is 0.545. The molecule has 0 atom stereocenters. The lowest BCUT2D eigenvalue weighted by Gasteiger charge is -2.17. The molecule has 1 aromatic carbocycles. The summed E-state index contributed by atoms with van der Waals surface area (Å²) in [5, 5.41) is 8.48. The van der Waals surface area contributed by atoms with Crippen LogP contribution in [0.15, 0.2) is 24.3 Å². The van der Waals surface area contributed by atoms with Gasteiger partial charge in [0.25, 0.3) is 0 Å². The maximum absolute atomic E-state index is 8.48. The number of rotatable bonds is 5. The maximum Gasteiger partial charge on any atom is 0.119 e. The molecule has 0 heterocycles. The summed E-state index contributed by atoms with van der Waals surface area (Å²) in [6.07, 6.45) is 0.545.